The molecule has 1 saturated carbocycles. The van der Waals surface area contributed by atoms with Crippen molar-refractivity contribution in [2.45, 2.75) is 43.5 Å². The fourth-order valence-corrected chi connectivity index (χ4v) is 5.05. The summed E-state index contributed by atoms with van der Waals surface area (Å²) in [6.07, 6.45) is 3.64. The van der Waals surface area contributed by atoms with Gasteiger partial charge in [0.15, 0.2) is 0 Å². The number of benzene rings is 2. The van der Waals surface area contributed by atoms with Crippen LogP contribution in [0.5, 0.6) is 0 Å². The van der Waals surface area contributed by atoms with Crippen molar-refractivity contribution in [3.8, 4) is 0 Å². The van der Waals surface area contributed by atoms with Gasteiger partial charge in [0, 0.05) is 22.3 Å². The Morgan fingerprint density at radius 2 is 1.89 bits per heavy atom. The number of hydrogen-bond acceptors (Lipinski definition) is 3. The van der Waals surface area contributed by atoms with Crippen molar-refractivity contribution >= 4 is 33.2 Å². The summed E-state index contributed by atoms with van der Waals surface area (Å²) in [6, 6.07) is 9.62. The molecule has 5 nitrogen and oxygen atoms in total. The SMILES string of the molecule is C[C@H]1CCCC[C@H]1NS(=O)(=O)c1cc(C(=O)Nc2cccc(Cl)c2)ccc1F. The van der Waals surface area contributed by atoms with Gasteiger partial charge in [0.2, 0.25) is 10.0 Å². The van der Waals surface area contributed by atoms with E-state index in [0.717, 1.165) is 37.8 Å². The van der Waals surface area contributed by atoms with Gasteiger partial charge in [-0.2, -0.15) is 0 Å². The van der Waals surface area contributed by atoms with Gasteiger partial charge in [0.1, 0.15) is 10.7 Å². The minimum atomic E-state index is -4.09. The smallest absolute Gasteiger partial charge is 0.255 e. The molecule has 2 atom stereocenters. The Bertz CT molecular complexity index is 981. The van der Waals surface area contributed by atoms with Crippen molar-refractivity contribution < 1.29 is 17.6 Å². The number of carbonyl (C=O) groups is 1. The van der Waals surface area contributed by atoms with Gasteiger partial charge in [0.25, 0.3) is 5.91 Å². The summed E-state index contributed by atoms with van der Waals surface area (Å²) in [7, 11) is -4.09. The van der Waals surface area contributed by atoms with Crippen LogP contribution in [0.3, 0.4) is 0 Å². The molecule has 2 aromatic rings. The number of nitrogens with one attached hydrogen (secondary N) is 2. The largest absolute Gasteiger partial charge is 0.322 e. The molecule has 150 valence electrons. The zero-order valence-corrected chi connectivity index (χ0v) is 17.0. The number of sulfonamides is 1. The third-order valence-electron chi connectivity index (χ3n) is 4.98. The fourth-order valence-electron chi connectivity index (χ4n) is 3.37. The van der Waals surface area contributed by atoms with Crippen molar-refractivity contribution in [2.24, 2.45) is 5.92 Å². The van der Waals surface area contributed by atoms with Gasteiger partial charge < -0.3 is 5.32 Å². The molecule has 0 heterocycles. The Balaban J connectivity index is 1.83. The summed E-state index contributed by atoms with van der Waals surface area (Å²) in [5.74, 6) is -1.26. The van der Waals surface area contributed by atoms with Crippen molar-refractivity contribution in [1.82, 2.24) is 4.72 Å². The lowest BCUT2D eigenvalue weighted by molar-refractivity contribution is 0.102. The third-order valence-corrected chi connectivity index (χ3v) is 6.72. The average Bonchev–Trinajstić information content (AvgIpc) is 2.63. The summed E-state index contributed by atoms with van der Waals surface area (Å²) in [4.78, 5) is 11.9. The molecule has 1 amide bonds. The van der Waals surface area contributed by atoms with Gasteiger partial charge >= 0.3 is 0 Å². The zero-order chi connectivity index (χ0) is 20.3. The van der Waals surface area contributed by atoms with Crippen LogP contribution in [0.4, 0.5) is 10.1 Å². The minimum Gasteiger partial charge on any atom is -0.322 e. The van der Waals surface area contributed by atoms with E-state index in [1.165, 1.54) is 6.07 Å². The zero-order valence-electron chi connectivity index (χ0n) is 15.4. The molecule has 3 rings (SSSR count). The van der Waals surface area contributed by atoms with Gasteiger partial charge in [-0.3, -0.25) is 4.79 Å². The molecule has 1 fully saturated rings. The van der Waals surface area contributed by atoms with E-state index in [1.54, 1.807) is 24.3 Å². The lowest BCUT2D eigenvalue weighted by Crippen LogP contribution is -2.41. The second-order valence-electron chi connectivity index (χ2n) is 7.10. The van der Waals surface area contributed by atoms with E-state index in [1.807, 2.05) is 6.92 Å². The first-order valence-corrected chi connectivity index (χ1v) is 11.0. The normalized spacial score (nSPS) is 20.0. The van der Waals surface area contributed by atoms with Gasteiger partial charge in [0.05, 0.1) is 0 Å². The number of halogens is 2. The average molecular weight is 425 g/mol. The number of hydrogen-bond donors (Lipinski definition) is 2. The fraction of sp³-hybridized carbons (Fsp3) is 0.350. The van der Waals surface area contributed by atoms with E-state index in [4.69, 9.17) is 11.6 Å². The highest BCUT2D eigenvalue weighted by molar-refractivity contribution is 7.89. The molecule has 2 aromatic carbocycles. The van der Waals surface area contributed by atoms with Crippen LogP contribution in [0.1, 0.15) is 43.0 Å². The number of carbonyl (C=O) groups excluding carboxylic acids is 1. The molecule has 0 saturated heterocycles. The maximum atomic E-state index is 14.3. The number of amides is 1. The highest BCUT2D eigenvalue weighted by Gasteiger charge is 2.29. The van der Waals surface area contributed by atoms with Gasteiger partial charge in [-0.15, -0.1) is 0 Å². The molecular formula is C20H22ClFN2O3S. The van der Waals surface area contributed by atoms with Gasteiger partial charge in [-0.25, -0.2) is 17.5 Å². The van der Waals surface area contributed by atoms with Crippen LogP contribution < -0.4 is 10.0 Å². The van der Waals surface area contributed by atoms with E-state index in [0.29, 0.717) is 10.7 Å². The van der Waals surface area contributed by atoms with Crippen molar-refractivity contribution in [3.05, 3.63) is 58.9 Å². The van der Waals surface area contributed by atoms with Crippen LogP contribution in [-0.2, 0) is 10.0 Å². The predicted octanol–water partition coefficient (Wildman–Crippen LogP) is 4.59. The maximum Gasteiger partial charge on any atom is 0.255 e. The maximum absolute atomic E-state index is 14.3. The van der Waals surface area contributed by atoms with Crippen LogP contribution in [0.2, 0.25) is 5.02 Å². The van der Waals surface area contributed by atoms with Crippen LogP contribution in [-0.4, -0.2) is 20.4 Å². The first-order valence-electron chi connectivity index (χ1n) is 9.15. The molecule has 1 aliphatic rings. The molecule has 1 aliphatic carbocycles. The summed E-state index contributed by atoms with van der Waals surface area (Å²) < 4.78 is 42.4. The van der Waals surface area contributed by atoms with E-state index >= 15 is 0 Å². The second-order valence-corrected chi connectivity index (χ2v) is 9.22. The van der Waals surface area contributed by atoms with Crippen LogP contribution >= 0.6 is 11.6 Å². The molecule has 0 radical (unpaired) electrons. The summed E-state index contributed by atoms with van der Waals surface area (Å²) in [5.41, 5.74) is 0.499. The van der Waals surface area contributed by atoms with E-state index in [2.05, 4.69) is 10.0 Å². The van der Waals surface area contributed by atoms with E-state index in [9.17, 15) is 17.6 Å². The van der Waals surface area contributed by atoms with Crippen LogP contribution in [0.25, 0.3) is 0 Å². The van der Waals surface area contributed by atoms with Crippen LogP contribution in [0, 0.1) is 11.7 Å². The van der Waals surface area contributed by atoms with Crippen molar-refractivity contribution in [3.63, 3.8) is 0 Å². The Morgan fingerprint density at radius 1 is 1.14 bits per heavy atom. The standard InChI is InChI=1S/C20H22ClFN2O3S/c1-13-5-2-3-8-18(13)24-28(26,27)19-11-14(9-10-17(19)22)20(25)23-16-7-4-6-15(21)12-16/h4,6-7,9-13,18,24H,2-3,5,8H2,1H3,(H,23,25)/t13-,18+/m0/s1. The Labute approximate surface area is 169 Å². The lowest BCUT2D eigenvalue weighted by atomic mass is 9.87. The minimum absolute atomic E-state index is 0.0402. The Morgan fingerprint density at radius 3 is 2.61 bits per heavy atom. The van der Waals surface area contributed by atoms with E-state index in [-0.39, 0.29) is 17.5 Å². The Kier molecular flexibility index (Phi) is 6.37. The highest BCUT2D eigenvalue weighted by atomic mass is 35.5. The van der Waals surface area contributed by atoms with Gasteiger partial charge in [-0.05, 0) is 55.2 Å². The van der Waals surface area contributed by atoms with Gasteiger partial charge in [-0.1, -0.05) is 37.4 Å². The molecular weight excluding hydrogens is 403 g/mol. The molecule has 0 aliphatic heterocycles. The molecule has 0 unspecified atom stereocenters. The summed E-state index contributed by atoms with van der Waals surface area (Å²) in [6.45, 7) is 1.98. The first kappa shape index (κ1) is 20.8. The summed E-state index contributed by atoms with van der Waals surface area (Å²) in [5, 5.41) is 3.07. The van der Waals surface area contributed by atoms with Crippen LogP contribution in [0.15, 0.2) is 47.4 Å². The number of anilines is 1. The highest BCUT2D eigenvalue weighted by Crippen LogP contribution is 2.26. The topological polar surface area (TPSA) is 75.3 Å². The molecule has 8 heteroatoms. The molecule has 0 spiro atoms. The quantitative estimate of drug-likeness (QED) is 0.737. The third kappa shape index (κ3) is 4.90. The summed E-state index contributed by atoms with van der Waals surface area (Å²) >= 11 is 5.90. The monoisotopic (exact) mass is 424 g/mol. The molecule has 2 N–H and O–H groups in total. The molecule has 28 heavy (non-hydrogen) atoms. The molecule has 0 bridgehead atoms. The van der Waals surface area contributed by atoms with E-state index < -0.39 is 26.6 Å². The second kappa shape index (κ2) is 8.59. The van der Waals surface area contributed by atoms with Crippen molar-refractivity contribution in [1.29, 1.82) is 0 Å². The number of rotatable bonds is 5. The van der Waals surface area contributed by atoms with Crippen molar-refractivity contribution in [2.75, 3.05) is 5.32 Å². The molecule has 0 aromatic heterocycles. The first-order chi connectivity index (χ1) is 13.3. The Hall–Kier alpha value is -1.96. The predicted molar refractivity (Wildman–Crippen MR) is 108 cm³/mol. The lowest BCUT2D eigenvalue weighted by Gasteiger charge is -2.29.